The van der Waals surface area contributed by atoms with Crippen LogP contribution in [0.3, 0.4) is 0 Å². The predicted molar refractivity (Wildman–Crippen MR) is 116 cm³/mol. The van der Waals surface area contributed by atoms with E-state index in [1.54, 1.807) is 12.1 Å². The minimum Gasteiger partial charge on any atom is -0.258 e. The molecule has 0 spiro atoms. The van der Waals surface area contributed by atoms with Crippen LogP contribution in [0.2, 0.25) is 0 Å². The number of non-ortho nitro benzene ring substituents is 1. The first-order chi connectivity index (χ1) is 14.2. The second-order valence-electron chi connectivity index (χ2n) is 7.29. The summed E-state index contributed by atoms with van der Waals surface area (Å²) in [4.78, 5) is 15.8. The minimum absolute atomic E-state index is 0.107. The van der Waals surface area contributed by atoms with Crippen molar-refractivity contribution in [3.63, 3.8) is 0 Å². The third kappa shape index (κ3) is 3.68. The van der Waals surface area contributed by atoms with Crippen molar-refractivity contribution in [1.82, 2.24) is 4.98 Å². The van der Waals surface area contributed by atoms with E-state index in [-0.39, 0.29) is 10.6 Å². The van der Waals surface area contributed by atoms with E-state index in [1.165, 1.54) is 12.8 Å². The van der Waals surface area contributed by atoms with E-state index in [2.05, 4.69) is 23.6 Å². The second kappa shape index (κ2) is 8.35. The fraction of sp³-hybridized carbons (Fsp3) is 0.250. The molecule has 0 saturated carbocycles. The summed E-state index contributed by atoms with van der Waals surface area (Å²) in [5.41, 5.74) is 3.06. The molecule has 0 aliphatic heterocycles. The smallest absolute Gasteiger partial charge is 0.258 e. The lowest BCUT2D eigenvalue weighted by Gasteiger charge is -2.14. The molecule has 4 aromatic rings. The Morgan fingerprint density at radius 1 is 0.931 bits per heavy atom. The largest absolute Gasteiger partial charge is 0.331 e. The number of aromatic nitrogens is 2. The number of hydrogen-bond donors (Lipinski definition) is 0. The van der Waals surface area contributed by atoms with Crippen LogP contribution in [0.4, 0.5) is 5.69 Å². The van der Waals surface area contributed by atoms with E-state index in [4.69, 9.17) is 4.98 Å². The Kier molecular flexibility index (Phi) is 5.47. The molecule has 4 rings (SSSR count). The van der Waals surface area contributed by atoms with E-state index >= 15 is 0 Å². The number of hydrogen-bond acceptors (Lipinski definition) is 3. The summed E-state index contributed by atoms with van der Waals surface area (Å²) in [7, 11) is 0. The molecular formula is C24H24N3O2+. The quantitative estimate of drug-likeness (QED) is 0.132. The highest BCUT2D eigenvalue weighted by Gasteiger charge is 2.23. The number of fused-ring (bicyclic) bond motifs is 3. The van der Waals surface area contributed by atoms with Crippen molar-refractivity contribution in [1.29, 1.82) is 0 Å². The van der Waals surface area contributed by atoms with Crippen LogP contribution < -0.4 is 4.57 Å². The van der Waals surface area contributed by atoms with Gasteiger partial charge >= 0.3 is 5.65 Å². The molecule has 5 heteroatoms. The number of nitro groups is 1. The van der Waals surface area contributed by atoms with Gasteiger partial charge in [0, 0.05) is 28.5 Å². The van der Waals surface area contributed by atoms with Gasteiger partial charge in [-0.05, 0) is 36.0 Å². The maximum absolute atomic E-state index is 11.5. The third-order valence-corrected chi connectivity index (χ3v) is 5.35. The lowest BCUT2D eigenvalue weighted by molar-refractivity contribution is -0.661. The number of unbranched alkanes of at least 4 members (excludes halogenated alkanes) is 3. The molecule has 146 valence electrons. The maximum atomic E-state index is 11.5. The van der Waals surface area contributed by atoms with Crippen LogP contribution in [0.15, 0.2) is 66.9 Å². The van der Waals surface area contributed by atoms with Gasteiger partial charge in [-0.25, -0.2) is 4.57 Å². The van der Waals surface area contributed by atoms with Gasteiger partial charge in [-0.15, -0.1) is 0 Å². The van der Waals surface area contributed by atoms with Crippen LogP contribution in [-0.2, 0) is 6.54 Å². The molecule has 29 heavy (non-hydrogen) atoms. The van der Waals surface area contributed by atoms with Crippen LogP contribution >= 0.6 is 0 Å². The highest BCUT2D eigenvalue weighted by Crippen LogP contribution is 2.33. The standard InChI is InChI=1S/C24H24N3O2/c1-2-3-4-8-16-26-23(18-10-6-5-7-11-18)22-17-19(27(28)29)13-14-20(22)21-12-9-15-25-24(21)26/h5-7,9-15,17H,2-4,8,16H2,1H3/q+1. The zero-order chi connectivity index (χ0) is 20.2. The lowest BCUT2D eigenvalue weighted by Crippen LogP contribution is -2.38. The van der Waals surface area contributed by atoms with Crippen molar-refractivity contribution in [2.75, 3.05) is 0 Å². The van der Waals surface area contributed by atoms with Crippen molar-refractivity contribution in [2.24, 2.45) is 0 Å². The van der Waals surface area contributed by atoms with Crippen LogP contribution in [-0.4, -0.2) is 9.91 Å². The molecule has 0 bridgehead atoms. The van der Waals surface area contributed by atoms with Gasteiger partial charge in [0.25, 0.3) is 5.69 Å². The average molecular weight is 386 g/mol. The molecule has 0 N–H and O–H groups in total. The van der Waals surface area contributed by atoms with Gasteiger partial charge in [-0.3, -0.25) is 10.1 Å². The molecule has 5 nitrogen and oxygen atoms in total. The molecule has 0 fully saturated rings. The average Bonchev–Trinajstić information content (AvgIpc) is 2.76. The first-order valence-electron chi connectivity index (χ1n) is 10.1. The lowest BCUT2D eigenvalue weighted by atomic mass is 9.99. The minimum atomic E-state index is -0.326. The highest BCUT2D eigenvalue weighted by atomic mass is 16.6. The first kappa shape index (κ1) is 19.0. The Labute approximate surface area is 169 Å². The van der Waals surface area contributed by atoms with Crippen LogP contribution in [0.1, 0.15) is 32.6 Å². The molecule has 0 unspecified atom stereocenters. The highest BCUT2D eigenvalue weighted by molar-refractivity contribution is 6.08. The van der Waals surface area contributed by atoms with Gasteiger partial charge in [0.15, 0.2) is 0 Å². The number of aryl methyl sites for hydroxylation is 1. The van der Waals surface area contributed by atoms with Crippen molar-refractivity contribution in [3.8, 4) is 11.3 Å². The van der Waals surface area contributed by atoms with Gasteiger partial charge in [0.2, 0.25) is 0 Å². The molecule has 0 radical (unpaired) electrons. The second-order valence-corrected chi connectivity index (χ2v) is 7.29. The molecule has 2 aromatic heterocycles. The summed E-state index contributed by atoms with van der Waals surface area (Å²) in [6.45, 7) is 3.03. The molecule has 0 aliphatic rings. The van der Waals surface area contributed by atoms with Crippen molar-refractivity contribution < 1.29 is 9.49 Å². The monoisotopic (exact) mass is 386 g/mol. The number of benzene rings is 2. The number of rotatable bonds is 7. The molecule has 0 amide bonds. The molecule has 2 heterocycles. The normalized spacial score (nSPS) is 11.2. The first-order valence-corrected chi connectivity index (χ1v) is 10.1. The number of nitrogens with zero attached hydrogens (tertiary/aromatic N) is 3. The van der Waals surface area contributed by atoms with E-state index in [0.29, 0.717) is 0 Å². The fourth-order valence-electron chi connectivity index (χ4n) is 3.97. The Balaban J connectivity index is 2.05. The predicted octanol–water partition coefficient (Wildman–Crippen LogP) is 5.83. The van der Waals surface area contributed by atoms with Gasteiger partial charge in [0.05, 0.1) is 16.9 Å². The Morgan fingerprint density at radius 3 is 2.52 bits per heavy atom. The number of pyridine rings is 2. The van der Waals surface area contributed by atoms with Crippen molar-refractivity contribution in [2.45, 2.75) is 39.2 Å². The zero-order valence-electron chi connectivity index (χ0n) is 16.5. The summed E-state index contributed by atoms with van der Waals surface area (Å²) >= 11 is 0. The molecule has 2 aromatic carbocycles. The van der Waals surface area contributed by atoms with Gasteiger partial charge in [-0.1, -0.05) is 50.1 Å². The SMILES string of the molecule is CCCCCC[n+]1c(-c2ccccc2)c2cc([N+](=O)[O-])ccc2c2cccnc21. The van der Waals surface area contributed by atoms with E-state index in [0.717, 1.165) is 52.4 Å². The van der Waals surface area contributed by atoms with Crippen LogP contribution in [0.25, 0.3) is 33.1 Å². The summed E-state index contributed by atoms with van der Waals surface area (Å²) in [6, 6.07) is 19.2. The summed E-state index contributed by atoms with van der Waals surface area (Å²) in [6.07, 6.45) is 6.39. The maximum Gasteiger partial charge on any atom is 0.331 e. The van der Waals surface area contributed by atoms with Crippen molar-refractivity contribution in [3.05, 3.63) is 77.0 Å². The third-order valence-electron chi connectivity index (χ3n) is 5.35. The molecule has 0 atom stereocenters. The Morgan fingerprint density at radius 2 is 1.76 bits per heavy atom. The molecular weight excluding hydrogens is 362 g/mol. The number of nitro benzene ring substituents is 1. The molecule has 0 aliphatic carbocycles. The Bertz CT molecular complexity index is 1170. The fourth-order valence-corrected chi connectivity index (χ4v) is 3.97. The topological polar surface area (TPSA) is 59.9 Å². The van der Waals surface area contributed by atoms with E-state index in [1.807, 2.05) is 42.6 Å². The van der Waals surface area contributed by atoms with Crippen LogP contribution in [0.5, 0.6) is 0 Å². The van der Waals surface area contributed by atoms with Crippen LogP contribution in [0, 0.1) is 10.1 Å². The van der Waals surface area contributed by atoms with Gasteiger partial charge < -0.3 is 0 Å². The summed E-state index contributed by atoms with van der Waals surface area (Å²) < 4.78 is 2.24. The van der Waals surface area contributed by atoms with Gasteiger partial charge in [-0.2, -0.15) is 0 Å². The van der Waals surface area contributed by atoms with E-state index in [9.17, 15) is 10.1 Å². The van der Waals surface area contributed by atoms with E-state index < -0.39 is 0 Å². The summed E-state index contributed by atoms with van der Waals surface area (Å²) in [5.74, 6) is 0. The Hall–Kier alpha value is -3.34. The zero-order valence-corrected chi connectivity index (χ0v) is 16.5. The molecule has 0 saturated heterocycles. The van der Waals surface area contributed by atoms with Gasteiger partial charge in [0.1, 0.15) is 11.9 Å². The summed E-state index contributed by atoms with van der Waals surface area (Å²) in [5, 5.41) is 14.4. The van der Waals surface area contributed by atoms with Crippen molar-refractivity contribution >= 4 is 27.5 Å².